The van der Waals surface area contributed by atoms with Crippen molar-refractivity contribution in [2.75, 3.05) is 20.6 Å². The number of primary amides is 1. The highest BCUT2D eigenvalue weighted by Gasteiger charge is 2.32. The minimum absolute atomic E-state index is 0.0471. The number of nitrogens with two attached hydrogens (primary N) is 1. The standard InChI is InChI=1S/C18H26FN5O3/c1-18(2,3)14(15(20)25)21-16(26)24-12-8-6-7-11(19)13(12)23(17(24)27)10-9-22(4)5/h6-8,14H,9-10H2,1-5H3,(H2,20,25)(H,21,26)/t14-/m1/s1. The fraction of sp³-hybridized carbons (Fsp3) is 0.500. The molecule has 8 nitrogen and oxygen atoms in total. The smallest absolute Gasteiger partial charge is 0.337 e. The number of imidazole rings is 1. The maximum absolute atomic E-state index is 14.4. The van der Waals surface area contributed by atoms with E-state index in [2.05, 4.69) is 5.32 Å². The number of likely N-dealkylation sites (N-methyl/N-ethyl adjacent to an activating group) is 1. The van der Waals surface area contributed by atoms with Crippen LogP contribution in [0.15, 0.2) is 23.0 Å². The van der Waals surface area contributed by atoms with Crippen molar-refractivity contribution < 1.29 is 14.0 Å². The molecule has 27 heavy (non-hydrogen) atoms. The minimum Gasteiger partial charge on any atom is -0.368 e. The summed E-state index contributed by atoms with van der Waals surface area (Å²) in [6.45, 7) is 5.92. The number of hydrogen-bond donors (Lipinski definition) is 2. The van der Waals surface area contributed by atoms with Gasteiger partial charge < -0.3 is 16.0 Å². The number of benzene rings is 1. The van der Waals surface area contributed by atoms with E-state index in [1.165, 1.54) is 22.8 Å². The molecule has 1 aromatic carbocycles. The molecular weight excluding hydrogens is 353 g/mol. The zero-order valence-corrected chi connectivity index (χ0v) is 16.2. The molecule has 0 aliphatic carbocycles. The van der Waals surface area contributed by atoms with Crippen LogP contribution in [0.3, 0.4) is 0 Å². The van der Waals surface area contributed by atoms with E-state index >= 15 is 0 Å². The Hall–Kier alpha value is -2.68. The molecule has 0 aliphatic heterocycles. The fourth-order valence-electron chi connectivity index (χ4n) is 2.88. The molecule has 0 saturated heterocycles. The molecule has 2 aromatic rings. The van der Waals surface area contributed by atoms with Gasteiger partial charge in [0.1, 0.15) is 17.4 Å². The molecule has 0 saturated carbocycles. The number of hydrogen-bond acceptors (Lipinski definition) is 4. The van der Waals surface area contributed by atoms with Gasteiger partial charge in [0, 0.05) is 13.1 Å². The van der Waals surface area contributed by atoms with Crippen molar-refractivity contribution in [2.24, 2.45) is 11.1 Å². The lowest BCUT2D eigenvalue weighted by Gasteiger charge is -2.28. The summed E-state index contributed by atoms with van der Waals surface area (Å²) in [5.41, 5.74) is 4.25. The molecule has 2 amide bonds. The molecule has 1 atom stereocenters. The lowest BCUT2D eigenvalue weighted by atomic mass is 9.86. The number of aromatic nitrogens is 2. The molecule has 9 heteroatoms. The van der Waals surface area contributed by atoms with Gasteiger partial charge in [0.25, 0.3) is 0 Å². The van der Waals surface area contributed by atoms with Crippen LogP contribution >= 0.6 is 0 Å². The molecule has 0 unspecified atom stereocenters. The molecule has 2 rings (SSSR count). The van der Waals surface area contributed by atoms with Crippen LogP contribution in [0.1, 0.15) is 20.8 Å². The Morgan fingerprint density at radius 1 is 1.30 bits per heavy atom. The molecule has 1 aromatic heterocycles. The molecule has 148 valence electrons. The summed E-state index contributed by atoms with van der Waals surface area (Å²) in [6.07, 6.45) is 0. The van der Waals surface area contributed by atoms with Crippen molar-refractivity contribution in [2.45, 2.75) is 33.4 Å². The van der Waals surface area contributed by atoms with Crippen LogP contribution in [0, 0.1) is 11.2 Å². The van der Waals surface area contributed by atoms with Gasteiger partial charge in [0.2, 0.25) is 5.91 Å². The maximum atomic E-state index is 14.4. The summed E-state index contributed by atoms with van der Waals surface area (Å²) < 4.78 is 16.5. The predicted octanol–water partition coefficient (Wildman–Crippen LogP) is 0.961. The third-order valence-corrected chi connectivity index (χ3v) is 4.29. The number of nitrogens with one attached hydrogen (secondary N) is 1. The first-order valence-corrected chi connectivity index (χ1v) is 8.59. The Morgan fingerprint density at radius 3 is 2.44 bits per heavy atom. The molecule has 0 fully saturated rings. The Kier molecular flexibility index (Phi) is 5.74. The Morgan fingerprint density at radius 2 is 1.93 bits per heavy atom. The van der Waals surface area contributed by atoms with Gasteiger partial charge in [-0.15, -0.1) is 0 Å². The van der Waals surface area contributed by atoms with Gasteiger partial charge in [-0.25, -0.2) is 18.5 Å². The summed E-state index contributed by atoms with van der Waals surface area (Å²) in [6, 6.07) is 2.33. The fourth-order valence-corrected chi connectivity index (χ4v) is 2.88. The second kappa shape index (κ2) is 7.51. The number of carbonyl (C=O) groups excluding carboxylic acids is 2. The van der Waals surface area contributed by atoms with Gasteiger partial charge in [-0.1, -0.05) is 26.8 Å². The minimum atomic E-state index is -0.995. The highest BCUT2D eigenvalue weighted by molar-refractivity contribution is 5.92. The maximum Gasteiger partial charge on any atom is 0.337 e. The van der Waals surface area contributed by atoms with Gasteiger partial charge in [-0.2, -0.15) is 0 Å². The highest BCUT2D eigenvalue weighted by atomic mass is 19.1. The van der Waals surface area contributed by atoms with Crippen LogP contribution in [-0.2, 0) is 11.3 Å². The van der Waals surface area contributed by atoms with Crippen LogP contribution in [0.2, 0.25) is 0 Å². The van der Waals surface area contributed by atoms with E-state index in [-0.39, 0.29) is 17.6 Å². The van der Waals surface area contributed by atoms with Gasteiger partial charge in [-0.05, 0) is 31.6 Å². The Bertz CT molecular complexity index is 923. The molecule has 0 bridgehead atoms. The van der Waals surface area contributed by atoms with E-state index in [1.807, 2.05) is 19.0 Å². The lowest BCUT2D eigenvalue weighted by molar-refractivity contribution is -0.122. The normalized spacial score (nSPS) is 13.1. The summed E-state index contributed by atoms with van der Waals surface area (Å²) in [4.78, 5) is 39.3. The second-order valence-corrected chi connectivity index (χ2v) is 7.83. The predicted molar refractivity (Wildman–Crippen MR) is 101 cm³/mol. The van der Waals surface area contributed by atoms with Crippen LogP contribution in [0.4, 0.5) is 9.18 Å². The third-order valence-electron chi connectivity index (χ3n) is 4.29. The number of halogens is 1. The second-order valence-electron chi connectivity index (χ2n) is 7.83. The first kappa shape index (κ1) is 20.6. The first-order valence-electron chi connectivity index (χ1n) is 8.59. The molecule has 1 heterocycles. The lowest BCUT2D eigenvalue weighted by Crippen LogP contribution is -2.54. The third kappa shape index (κ3) is 4.19. The van der Waals surface area contributed by atoms with E-state index in [1.54, 1.807) is 20.8 Å². The van der Waals surface area contributed by atoms with Crippen LogP contribution in [0.5, 0.6) is 0 Å². The number of rotatable bonds is 5. The van der Waals surface area contributed by atoms with Crippen molar-refractivity contribution in [3.05, 3.63) is 34.5 Å². The number of para-hydroxylation sites is 1. The number of nitrogens with zero attached hydrogens (tertiary/aromatic N) is 3. The van der Waals surface area contributed by atoms with E-state index in [4.69, 9.17) is 5.73 Å². The average Bonchev–Trinajstić information content (AvgIpc) is 2.82. The summed E-state index contributed by atoms with van der Waals surface area (Å²) in [7, 11) is 3.65. The Balaban J connectivity index is 2.57. The SMILES string of the molecule is CN(C)CCn1c(=O)n(C(=O)N[C@H](C(N)=O)C(C)(C)C)c2cccc(F)c21. The van der Waals surface area contributed by atoms with E-state index in [9.17, 15) is 18.8 Å². The number of carbonyl (C=O) groups is 2. The molecule has 0 radical (unpaired) electrons. The van der Waals surface area contributed by atoms with Crippen molar-refractivity contribution in [1.82, 2.24) is 19.4 Å². The van der Waals surface area contributed by atoms with Crippen LogP contribution < -0.4 is 16.7 Å². The van der Waals surface area contributed by atoms with Gasteiger partial charge in [0.05, 0.1) is 5.52 Å². The van der Waals surface area contributed by atoms with Gasteiger partial charge in [-0.3, -0.25) is 9.36 Å². The van der Waals surface area contributed by atoms with E-state index < -0.39 is 34.9 Å². The molecule has 0 aliphatic rings. The highest BCUT2D eigenvalue weighted by Crippen LogP contribution is 2.20. The number of fused-ring (bicyclic) bond motifs is 1. The van der Waals surface area contributed by atoms with Crippen molar-refractivity contribution in [3.8, 4) is 0 Å². The molecular formula is C18H26FN5O3. The summed E-state index contributed by atoms with van der Waals surface area (Å²) in [5, 5.41) is 2.51. The quantitative estimate of drug-likeness (QED) is 0.808. The van der Waals surface area contributed by atoms with Gasteiger partial charge in [0.15, 0.2) is 0 Å². The average molecular weight is 379 g/mol. The van der Waals surface area contributed by atoms with Crippen molar-refractivity contribution in [3.63, 3.8) is 0 Å². The molecule has 0 spiro atoms. The summed E-state index contributed by atoms with van der Waals surface area (Å²) in [5.74, 6) is -1.32. The van der Waals surface area contributed by atoms with Crippen molar-refractivity contribution in [1.29, 1.82) is 0 Å². The van der Waals surface area contributed by atoms with Crippen molar-refractivity contribution >= 4 is 23.0 Å². The molecule has 3 N–H and O–H groups in total. The number of amides is 2. The first-order chi connectivity index (χ1) is 12.4. The Labute approximate surface area is 156 Å². The zero-order valence-electron chi connectivity index (χ0n) is 16.2. The topological polar surface area (TPSA) is 102 Å². The van der Waals surface area contributed by atoms with E-state index in [0.717, 1.165) is 4.57 Å². The van der Waals surface area contributed by atoms with Crippen LogP contribution in [-0.4, -0.2) is 52.7 Å². The largest absolute Gasteiger partial charge is 0.368 e. The zero-order chi connectivity index (χ0) is 20.5. The summed E-state index contributed by atoms with van der Waals surface area (Å²) >= 11 is 0. The van der Waals surface area contributed by atoms with Gasteiger partial charge >= 0.3 is 11.7 Å². The van der Waals surface area contributed by atoms with Crippen LogP contribution in [0.25, 0.3) is 11.0 Å². The van der Waals surface area contributed by atoms with E-state index in [0.29, 0.717) is 6.54 Å². The monoisotopic (exact) mass is 379 g/mol.